The fraction of sp³-hybridized carbons (Fsp3) is 0.833. The highest BCUT2D eigenvalue weighted by atomic mass is 16.5. The molecule has 2 heterocycles. The number of carbonyl (C=O) groups excluding carboxylic acids is 2. The molecule has 0 bridgehead atoms. The summed E-state index contributed by atoms with van der Waals surface area (Å²) in [5.41, 5.74) is 0. The van der Waals surface area contributed by atoms with Crippen molar-refractivity contribution in [3.8, 4) is 0 Å². The predicted molar refractivity (Wildman–Crippen MR) is 60.4 cm³/mol. The van der Waals surface area contributed by atoms with Crippen molar-refractivity contribution >= 4 is 11.9 Å². The zero-order valence-electron chi connectivity index (χ0n) is 10.1. The highest BCUT2D eigenvalue weighted by Gasteiger charge is 2.52. The number of ether oxygens (including phenoxy) is 1. The lowest BCUT2D eigenvalue weighted by atomic mass is 9.97. The van der Waals surface area contributed by atoms with E-state index >= 15 is 0 Å². The van der Waals surface area contributed by atoms with Gasteiger partial charge in [-0.25, -0.2) is 4.79 Å². The SMILES string of the molecule is CCCN1C(=O)N(C2CC2)C(=O)C2COCC21. The number of hydrogen-bond acceptors (Lipinski definition) is 3. The van der Waals surface area contributed by atoms with Crippen LogP contribution in [0.4, 0.5) is 4.79 Å². The lowest BCUT2D eigenvalue weighted by Crippen LogP contribution is -2.62. The summed E-state index contributed by atoms with van der Waals surface area (Å²) in [5, 5.41) is 0. The molecule has 2 atom stereocenters. The fourth-order valence-corrected chi connectivity index (χ4v) is 2.81. The third-order valence-corrected chi connectivity index (χ3v) is 3.83. The van der Waals surface area contributed by atoms with Gasteiger partial charge in [0, 0.05) is 12.6 Å². The van der Waals surface area contributed by atoms with Gasteiger partial charge in [0.05, 0.1) is 25.2 Å². The molecule has 5 nitrogen and oxygen atoms in total. The molecule has 17 heavy (non-hydrogen) atoms. The van der Waals surface area contributed by atoms with Crippen molar-refractivity contribution in [2.24, 2.45) is 5.92 Å². The summed E-state index contributed by atoms with van der Waals surface area (Å²) in [6, 6.07) is 0.0481. The molecule has 0 aromatic heterocycles. The van der Waals surface area contributed by atoms with Gasteiger partial charge >= 0.3 is 6.03 Å². The monoisotopic (exact) mass is 238 g/mol. The standard InChI is InChI=1S/C12H18N2O3/c1-2-5-13-10-7-17-6-9(10)11(15)14(12(13)16)8-3-4-8/h8-10H,2-7H2,1H3. The first kappa shape index (κ1) is 11.0. The van der Waals surface area contributed by atoms with Crippen molar-refractivity contribution in [1.29, 1.82) is 0 Å². The first-order valence-electron chi connectivity index (χ1n) is 6.45. The topological polar surface area (TPSA) is 49.9 Å². The van der Waals surface area contributed by atoms with Crippen LogP contribution < -0.4 is 0 Å². The van der Waals surface area contributed by atoms with E-state index in [4.69, 9.17) is 4.74 Å². The molecule has 0 aromatic carbocycles. The van der Waals surface area contributed by atoms with Gasteiger partial charge in [-0.3, -0.25) is 9.69 Å². The Hall–Kier alpha value is -1.10. The summed E-state index contributed by atoms with van der Waals surface area (Å²) in [5.74, 6) is -0.132. The van der Waals surface area contributed by atoms with Gasteiger partial charge in [-0.2, -0.15) is 0 Å². The third-order valence-electron chi connectivity index (χ3n) is 3.83. The second-order valence-corrected chi connectivity index (χ2v) is 5.13. The van der Waals surface area contributed by atoms with Crippen molar-refractivity contribution in [2.75, 3.05) is 19.8 Å². The molecule has 3 rings (SSSR count). The molecule has 5 heteroatoms. The highest BCUT2D eigenvalue weighted by Crippen LogP contribution is 2.36. The number of rotatable bonds is 3. The first-order chi connectivity index (χ1) is 8.24. The maximum absolute atomic E-state index is 12.3. The van der Waals surface area contributed by atoms with Crippen LogP contribution in [0.5, 0.6) is 0 Å². The third kappa shape index (κ3) is 1.64. The average molecular weight is 238 g/mol. The molecule has 3 amide bonds. The molecule has 0 N–H and O–H groups in total. The summed E-state index contributed by atoms with van der Waals surface area (Å²) in [6.45, 7) is 3.76. The van der Waals surface area contributed by atoms with Gasteiger partial charge in [0.15, 0.2) is 0 Å². The van der Waals surface area contributed by atoms with E-state index in [-0.39, 0.29) is 29.9 Å². The van der Waals surface area contributed by atoms with E-state index in [1.165, 1.54) is 4.90 Å². The maximum Gasteiger partial charge on any atom is 0.327 e. The van der Waals surface area contributed by atoms with E-state index in [0.717, 1.165) is 25.8 Å². The molecule has 3 fully saturated rings. The van der Waals surface area contributed by atoms with Gasteiger partial charge in [0.2, 0.25) is 5.91 Å². The van der Waals surface area contributed by atoms with E-state index in [2.05, 4.69) is 6.92 Å². The van der Waals surface area contributed by atoms with Crippen LogP contribution in [0, 0.1) is 5.92 Å². The van der Waals surface area contributed by atoms with Gasteiger partial charge in [0.1, 0.15) is 0 Å². The molecule has 2 aliphatic heterocycles. The molecule has 0 aromatic rings. The summed E-state index contributed by atoms with van der Waals surface area (Å²) >= 11 is 0. The zero-order chi connectivity index (χ0) is 12.0. The van der Waals surface area contributed by atoms with Gasteiger partial charge in [-0.1, -0.05) is 6.92 Å². The summed E-state index contributed by atoms with van der Waals surface area (Å²) < 4.78 is 5.39. The van der Waals surface area contributed by atoms with E-state index in [0.29, 0.717) is 13.2 Å². The molecule has 2 unspecified atom stereocenters. The molecule has 0 spiro atoms. The Bertz CT molecular complexity index is 354. The van der Waals surface area contributed by atoms with E-state index < -0.39 is 0 Å². The van der Waals surface area contributed by atoms with Gasteiger partial charge < -0.3 is 9.64 Å². The molecule has 94 valence electrons. The minimum atomic E-state index is -0.125. The molecule has 0 radical (unpaired) electrons. The number of hydrogen-bond donors (Lipinski definition) is 0. The van der Waals surface area contributed by atoms with Crippen LogP contribution in [-0.4, -0.2) is 53.6 Å². The molecule has 3 aliphatic rings. The number of carbonyl (C=O) groups is 2. The smallest absolute Gasteiger partial charge is 0.327 e. The molecule has 2 saturated heterocycles. The minimum absolute atomic E-state index is 0.00708. The summed E-state index contributed by atoms with van der Waals surface area (Å²) in [4.78, 5) is 27.9. The highest BCUT2D eigenvalue weighted by molar-refractivity contribution is 5.99. The fourth-order valence-electron chi connectivity index (χ4n) is 2.81. The molecule has 1 aliphatic carbocycles. The summed E-state index contributed by atoms with van der Waals surface area (Å²) in [6.07, 6.45) is 2.85. The number of fused-ring (bicyclic) bond motifs is 1. The van der Waals surface area contributed by atoms with Gasteiger partial charge in [-0.15, -0.1) is 0 Å². The minimum Gasteiger partial charge on any atom is -0.378 e. The zero-order valence-corrected chi connectivity index (χ0v) is 10.1. The van der Waals surface area contributed by atoms with Crippen LogP contribution in [0.15, 0.2) is 0 Å². The number of imide groups is 1. The Labute approximate surface area is 101 Å². The molecule has 1 saturated carbocycles. The average Bonchev–Trinajstić information content (AvgIpc) is 3.01. The van der Waals surface area contributed by atoms with Crippen molar-refractivity contribution < 1.29 is 14.3 Å². The Morgan fingerprint density at radius 1 is 1.29 bits per heavy atom. The van der Waals surface area contributed by atoms with Gasteiger partial charge in [0.25, 0.3) is 0 Å². The van der Waals surface area contributed by atoms with Crippen LogP contribution in [-0.2, 0) is 9.53 Å². The Balaban J connectivity index is 1.88. The van der Waals surface area contributed by atoms with Gasteiger partial charge in [-0.05, 0) is 19.3 Å². The number of urea groups is 1. The van der Waals surface area contributed by atoms with Crippen molar-refractivity contribution in [1.82, 2.24) is 9.80 Å². The predicted octanol–water partition coefficient (Wildman–Crippen LogP) is 0.838. The quantitative estimate of drug-likeness (QED) is 0.732. The number of nitrogens with zero attached hydrogens (tertiary/aromatic N) is 2. The molecular weight excluding hydrogens is 220 g/mol. The van der Waals surface area contributed by atoms with Crippen molar-refractivity contribution in [3.05, 3.63) is 0 Å². The Kier molecular flexibility index (Phi) is 2.58. The first-order valence-corrected chi connectivity index (χ1v) is 6.45. The van der Waals surface area contributed by atoms with Crippen LogP contribution in [0.1, 0.15) is 26.2 Å². The summed E-state index contributed by atoms with van der Waals surface area (Å²) in [7, 11) is 0. The van der Waals surface area contributed by atoms with E-state index in [1.807, 2.05) is 4.90 Å². The second kappa shape index (κ2) is 3.98. The lowest BCUT2D eigenvalue weighted by Gasteiger charge is -2.41. The van der Waals surface area contributed by atoms with Crippen LogP contribution in [0.25, 0.3) is 0 Å². The van der Waals surface area contributed by atoms with Crippen molar-refractivity contribution in [2.45, 2.75) is 38.3 Å². The molecular formula is C12H18N2O3. The Morgan fingerprint density at radius 2 is 2.06 bits per heavy atom. The number of amides is 3. The van der Waals surface area contributed by atoms with E-state index in [9.17, 15) is 9.59 Å². The Morgan fingerprint density at radius 3 is 2.71 bits per heavy atom. The van der Waals surface area contributed by atoms with E-state index in [1.54, 1.807) is 0 Å². The van der Waals surface area contributed by atoms with Crippen LogP contribution in [0.3, 0.4) is 0 Å². The maximum atomic E-state index is 12.3. The normalized spacial score (nSPS) is 33.2. The van der Waals surface area contributed by atoms with Crippen molar-refractivity contribution in [3.63, 3.8) is 0 Å². The van der Waals surface area contributed by atoms with Crippen LogP contribution >= 0.6 is 0 Å². The lowest BCUT2D eigenvalue weighted by molar-refractivity contribution is -0.137. The second-order valence-electron chi connectivity index (χ2n) is 5.13. The largest absolute Gasteiger partial charge is 0.378 e. The van der Waals surface area contributed by atoms with Crippen LogP contribution in [0.2, 0.25) is 0 Å².